The molecule has 0 heterocycles. The number of para-hydroxylation sites is 1. The van der Waals surface area contributed by atoms with Gasteiger partial charge in [-0.2, -0.15) is 0 Å². The molecule has 0 amide bonds. The van der Waals surface area contributed by atoms with Crippen molar-refractivity contribution >= 4 is 0 Å². The quantitative estimate of drug-likeness (QED) is 0.287. The molecule has 0 aliphatic heterocycles. The number of benzene rings is 3. The average molecular weight is 419 g/mol. The van der Waals surface area contributed by atoms with Crippen molar-refractivity contribution in [3.63, 3.8) is 0 Å². The van der Waals surface area contributed by atoms with E-state index in [9.17, 15) is 5.11 Å². The number of hydrogen-bond acceptors (Lipinski definition) is 3. The number of phenolic OH excluding ortho intramolecular Hbond substituents is 1. The normalized spacial score (nSPS) is 10.7. The second kappa shape index (κ2) is 13.4. The van der Waals surface area contributed by atoms with Crippen LogP contribution in [-0.4, -0.2) is 18.3 Å². The maximum atomic E-state index is 10.4. The fraction of sp³-hybridized carbons (Fsp3) is 0.357. The van der Waals surface area contributed by atoms with Gasteiger partial charge >= 0.3 is 0 Å². The van der Waals surface area contributed by atoms with Crippen LogP contribution in [0.2, 0.25) is 0 Å². The van der Waals surface area contributed by atoms with E-state index in [4.69, 9.17) is 9.47 Å². The molecule has 0 bridgehead atoms. The number of unbranched alkanes of at least 4 members (excludes halogenated alkanes) is 4. The Bertz CT molecular complexity index is 792. The van der Waals surface area contributed by atoms with E-state index >= 15 is 0 Å². The van der Waals surface area contributed by atoms with E-state index < -0.39 is 0 Å². The van der Waals surface area contributed by atoms with E-state index in [1.54, 1.807) is 12.1 Å². The van der Waals surface area contributed by atoms with E-state index in [0.717, 1.165) is 51.4 Å². The Hall–Kier alpha value is -2.94. The zero-order chi connectivity index (χ0) is 21.6. The lowest BCUT2D eigenvalue weighted by Gasteiger charge is -2.12. The van der Waals surface area contributed by atoms with E-state index in [1.165, 1.54) is 11.1 Å². The summed E-state index contributed by atoms with van der Waals surface area (Å²) in [6, 6.07) is 26.6. The highest BCUT2D eigenvalue weighted by molar-refractivity contribution is 5.49. The third-order valence-corrected chi connectivity index (χ3v) is 5.38. The zero-order valence-corrected chi connectivity index (χ0v) is 18.3. The van der Waals surface area contributed by atoms with Gasteiger partial charge < -0.3 is 14.6 Å². The van der Waals surface area contributed by atoms with Crippen molar-refractivity contribution in [1.82, 2.24) is 0 Å². The molecule has 31 heavy (non-hydrogen) atoms. The highest BCUT2D eigenvalue weighted by Gasteiger charge is 2.09. The van der Waals surface area contributed by atoms with Crippen molar-refractivity contribution < 1.29 is 14.6 Å². The molecule has 0 fully saturated rings. The van der Waals surface area contributed by atoms with Gasteiger partial charge in [0.2, 0.25) is 5.75 Å². The van der Waals surface area contributed by atoms with Gasteiger partial charge in [0.15, 0.2) is 11.5 Å². The summed E-state index contributed by atoms with van der Waals surface area (Å²) in [4.78, 5) is 0. The molecule has 0 saturated heterocycles. The van der Waals surface area contributed by atoms with Gasteiger partial charge in [0.05, 0.1) is 13.2 Å². The van der Waals surface area contributed by atoms with Crippen LogP contribution in [-0.2, 0) is 12.8 Å². The summed E-state index contributed by atoms with van der Waals surface area (Å²) in [5.74, 6) is 1.12. The van der Waals surface area contributed by atoms with Crippen LogP contribution in [0.5, 0.6) is 17.2 Å². The van der Waals surface area contributed by atoms with Crippen molar-refractivity contribution in [1.29, 1.82) is 0 Å². The van der Waals surface area contributed by atoms with E-state index in [1.807, 2.05) is 18.2 Å². The standard InChI is InChI=1S/C28H34O3/c29-28-26(30-22-11-3-9-18-24-14-5-1-6-15-24)20-13-21-27(28)31-23-12-4-10-19-25-16-7-2-8-17-25/h1-2,5-8,13-17,20-21,29H,3-4,9-12,18-19,22-23H2. The summed E-state index contributed by atoms with van der Waals surface area (Å²) in [5, 5.41) is 10.4. The van der Waals surface area contributed by atoms with Gasteiger partial charge in [-0.25, -0.2) is 0 Å². The first-order valence-electron chi connectivity index (χ1n) is 11.5. The van der Waals surface area contributed by atoms with Crippen molar-refractivity contribution in [2.24, 2.45) is 0 Å². The third kappa shape index (κ3) is 8.37. The van der Waals surface area contributed by atoms with Crippen LogP contribution in [0.1, 0.15) is 49.7 Å². The van der Waals surface area contributed by atoms with Crippen molar-refractivity contribution in [3.05, 3.63) is 90.0 Å². The van der Waals surface area contributed by atoms with Crippen molar-refractivity contribution in [2.75, 3.05) is 13.2 Å². The largest absolute Gasteiger partial charge is 0.502 e. The minimum atomic E-state index is 0.107. The van der Waals surface area contributed by atoms with E-state index in [2.05, 4.69) is 48.5 Å². The van der Waals surface area contributed by atoms with E-state index in [-0.39, 0.29) is 5.75 Å². The molecule has 3 rings (SSSR count). The number of phenols is 1. The van der Waals surface area contributed by atoms with Gasteiger partial charge in [-0.1, -0.05) is 66.7 Å². The molecule has 0 radical (unpaired) electrons. The average Bonchev–Trinajstić information content (AvgIpc) is 2.81. The predicted molar refractivity (Wildman–Crippen MR) is 127 cm³/mol. The van der Waals surface area contributed by atoms with Crippen LogP contribution < -0.4 is 9.47 Å². The van der Waals surface area contributed by atoms with Gasteiger partial charge in [0, 0.05) is 0 Å². The minimum Gasteiger partial charge on any atom is -0.502 e. The first kappa shape index (κ1) is 22.7. The SMILES string of the molecule is Oc1c(OCCCCCc2ccccc2)cccc1OCCCCCc1ccccc1. The molecule has 164 valence electrons. The summed E-state index contributed by atoms with van der Waals surface area (Å²) in [6.45, 7) is 1.20. The fourth-order valence-electron chi connectivity index (χ4n) is 3.60. The molecule has 3 aromatic carbocycles. The Labute approximate surface area is 186 Å². The molecule has 0 spiro atoms. The Balaban J connectivity index is 1.29. The number of ether oxygens (including phenoxy) is 2. The van der Waals surface area contributed by atoms with Gasteiger partial charge in [-0.05, 0) is 74.6 Å². The first-order chi connectivity index (χ1) is 15.3. The molecule has 1 N–H and O–H groups in total. The minimum absolute atomic E-state index is 0.107. The van der Waals surface area contributed by atoms with Gasteiger partial charge in [-0.15, -0.1) is 0 Å². The first-order valence-corrected chi connectivity index (χ1v) is 11.5. The Morgan fingerprint density at radius 3 is 1.39 bits per heavy atom. The molecule has 0 aliphatic rings. The summed E-state index contributed by atoms with van der Waals surface area (Å²) >= 11 is 0. The Morgan fingerprint density at radius 2 is 0.935 bits per heavy atom. The summed E-state index contributed by atoms with van der Waals surface area (Å²) in [6.07, 6.45) is 8.64. The summed E-state index contributed by atoms with van der Waals surface area (Å²) < 4.78 is 11.6. The fourth-order valence-corrected chi connectivity index (χ4v) is 3.60. The smallest absolute Gasteiger partial charge is 0.200 e. The highest BCUT2D eigenvalue weighted by atomic mass is 16.5. The maximum Gasteiger partial charge on any atom is 0.200 e. The lowest BCUT2D eigenvalue weighted by atomic mass is 10.1. The predicted octanol–water partition coefficient (Wildman–Crippen LogP) is 6.98. The van der Waals surface area contributed by atoms with Crippen LogP contribution >= 0.6 is 0 Å². The van der Waals surface area contributed by atoms with Crippen LogP contribution in [0.15, 0.2) is 78.9 Å². The number of rotatable bonds is 14. The van der Waals surface area contributed by atoms with Crippen LogP contribution in [0.3, 0.4) is 0 Å². The highest BCUT2D eigenvalue weighted by Crippen LogP contribution is 2.36. The lowest BCUT2D eigenvalue weighted by molar-refractivity contribution is 0.265. The number of aromatic hydroxyl groups is 1. The van der Waals surface area contributed by atoms with Crippen LogP contribution in [0.4, 0.5) is 0 Å². The van der Waals surface area contributed by atoms with Crippen LogP contribution in [0, 0.1) is 0 Å². The molecule has 0 saturated carbocycles. The van der Waals surface area contributed by atoms with Gasteiger partial charge in [-0.3, -0.25) is 0 Å². The summed E-state index contributed by atoms with van der Waals surface area (Å²) in [7, 11) is 0. The molecule has 0 atom stereocenters. The topological polar surface area (TPSA) is 38.7 Å². The monoisotopic (exact) mass is 418 g/mol. The molecule has 0 unspecified atom stereocenters. The molecule has 0 aromatic heterocycles. The molecule has 3 heteroatoms. The molecule has 3 aromatic rings. The van der Waals surface area contributed by atoms with Crippen molar-refractivity contribution in [3.8, 4) is 17.2 Å². The van der Waals surface area contributed by atoms with E-state index in [0.29, 0.717) is 24.7 Å². The second-order valence-electron chi connectivity index (χ2n) is 7.89. The van der Waals surface area contributed by atoms with Crippen molar-refractivity contribution in [2.45, 2.75) is 51.4 Å². The maximum absolute atomic E-state index is 10.4. The number of aryl methyl sites for hydroxylation is 2. The Morgan fingerprint density at radius 1 is 0.484 bits per heavy atom. The van der Waals surface area contributed by atoms with Gasteiger partial charge in [0.25, 0.3) is 0 Å². The molecular weight excluding hydrogens is 384 g/mol. The summed E-state index contributed by atoms with van der Waals surface area (Å²) in [5.41, 5.74) is 2.76. The van der Waals surface area contributed by atoms with Gasteiger partial charge in [0.1, 0.15) is 0 Å². The lowest BCUT2D eigenvalue weighted by Crippen LogP contribution is -2.01. The molecule has 3 nitrogen and oxygen atoms in total. The molecule has 0 aliphatic carbocycles. The second-order valence-corrected chi connectivity index (χ2v) is 7.89. The number of hydrogen-bond donors (Lipinski definition) is 1. The van der Waals surface area contributed by atoms with Crippen LogP contribution in [0.25, 0.3) is 0 Å². The Kier molecular flexibility index (Phi) is 9.81. The third-order valence-electron chi connectivity index (χ3n) is 5.38. The molecular formula is C28H34O3. The zero-order valence-electron chi connectivity index (χ0n) is 18.3.